The second kappa shape index (κ2) is 13.5. The molecule has 0 saturated heterocycles. The minimum atomic E-state index is -4.04. The topological polar surface area (TPSA) is 108 Å². The highest BCUT2D eigenvalue weighted by Crippen LogP contribution is 2.26. The predicted molar refractivity (Wildman–Crippen MR) is 168 cm³/mol. The second-order valence-corrected chi connectivity index (χ2v) is 12.1. The molecular weight excluding hydrogens is 572 g/mol. The quantitative estimate of drug-likeness (QED) is 0.161. The molecule has 4 rings (SSSR count). The van der Waals surface area contributed by atoms with Crippen LogP contribution in [0.1, 0.15) is 48.2 Å². The average molecular weight is 603 g/mol. The van der Waals surface area contributed by atoms with Gasteiger partial charge in [-0.25, -0.2) is 13.8 Å². The summed E-state index contributed by atoms with van der Waals surface area (Å²) in [4.78, 5) is 25.7. The van der Waals surface area contributed by atoms with Crippen molar-refractivity contribution < 1.29 is 18.0 Å². The van der Waals surface area contributed by atoms with E-state index in [0.29, 0.717) is 33.2 Å². The highest BCUT2D eigenvalue weighted by molar-refractivity contribution is 7.92. The lowest BCUT2D eigenvalue weighted by molar-refractivity contribution is -0.119. The lowest BCUT2D eigenvalue weighted by Crippen LogP contribution is -2.39. The highest BCUT2D eigenvalue weighted by atomic mass is 35.5. The smallest absolute Gasteiger partial charge is 0.264 e. The molecule has 4 aromatic rings. The van der Waals surface area contributed by atoms with Gasteiger partial charge < -0.3 is 5.32 Å². The van der Waals surface area contributed by atoms with E-state index in [1.807, 2.05) is 26.0 Å². The van der Waals surface area contributed by atoms with Gasteiger partial charge in [0.2, 0.25) is 0 Å². The summed E-state index contributed by atoms with van der Waals surface area (Å²) in [5.41, 5.74) is 5.93. The van der Waals surface area contributed by atoms with Crippen molar-refractivity contribution in [1.82, 2.24) is 5.43 Å². The number of halogens is 1. The summed E-state index contributed by atoms with van der Waals surface area (Å²) in [6.45, 7) is 5.31. The maximum absolute atomic E-state index is 13.6. The zero-order valence-corrected chi connectivity index (χ0v) is 25.0. The van der Waals surface area contributed by atoms with Crippen LogP contribution in [0, 0.1) is 0 Å². The molecule has 0 unspecified atom stereocenters. The summed E-state index contributed by atoms with van der Waals surface area (Å²) in [5, 5.41) is 7.46. The fraction of sp³-hybridized carbons (Fsp3) is 0.156. The highest BCUT2D eigenvalue weighted by Gasteiger charge is 2.27. The molecule has 0 aliphatic rings. The first-order valence-electron chi connectivity index (χ1n) is 13.2. The van der Waals surface area contributed by atoms with Gasteiger partial charge in [0.15, 0.2) is 0 Å². The van der Waals surface area contributed by atoms with Crippen LogP contribution in [0.25, 0.3) is 0 Å². The van der Waals surface area contributed by atoms with Crippen molar-refractivity contribution in [3.05, 3.63) is 125 Å². The van der Waals surface area contributed by atoms with Crippen molar-refractivity contribution in [2.24, 2.45) is 5.10 Å². The van der Waals surface area contributed by atoms with Crippen molar-refractivity contribution in [1.29, 1.82) is 0 Å². The number of carbonyl (C=O) groups excluding carboxylic acids is 2. The van der Waals surface area contributed by atoms with E-state index in [-0.39, 0.29) is 16.7 Å². The largest absolute Gasteiger partial charge is 0.322 e. The summed E-state index contributed by atoms with van der Waals surface area (Å²) in [6.07, 6.45) is 0. The molecule has 0 heterocycles. The molecular formula is C32H31ClN4O4S. The van der Waals surface area contributed by atoms with E-state index in [2.05, 4.69) is 15.8 Å². The molecule has 216 valence electrons. The summed E-state index contributed by atoms with van der Waals surface area (Å²) in [7, 11) is -4.04. The molecule has 0 aliphatic carbocycles. The van der Waals surface area contributed by atoms with Crippen LogP contribution in [0.2, 0.25) is 5.02 Å². The fourth-order valence-corrected chi connectivity index (χ4v) is 5.72. The van der Waals surface area contributed by atoms with E-state index in [4.69, 9.17) is 11.6 Å². The van der Waals surface area contributed by atoms with Crippen LogP contribution in [0.4, 0.5) is 11.4 Å². The van der Waals surface area contributed by atoms with E-state index in [9.17, 15) is 18.0 Å². The second-order valence-electron chi connectivity index (χ2n) is 9.85. The Bertz CT molecular complexity index is 1710. The third kappa shape index (κ3) is 7.63. The van der Waals surface area contributed by atoms with E-state index < -0.39 is 22.5 Å². The fourth-order valence-electron chi connectivity index (χ4n) is 4.09. The third-order valence-corrected chi connectivity index (χ3v) is 8.46. The van der Waals surface area contributed by atoms with Gasteiger partial charge in [0, 0.05) is 16.3 Å². The molecule has 0 radical (unpaired) electrons. The van der Waals surface area contributed by atoms with Gasteiger partial charge in [0.05, 0.1) is 16.3 Å². The molecule has 2 N–H and O–H groups in total. The van der Waals surface area contributed by atoms with E-state index in [0.717, 1.165) is 9.87 Å². The van der Waals surface area contributed by atoms with E-state index in [1.165, 1.54) is 12.1 Å². The number of hydrogen-bond acceptors (Lipinski definition) is 5. The Morgan fingerprint density at radius 1 is 0.857 bits per heavy atom. The minimum Gasteiger partial charge on any atom is -0.322 e. The summed E-state index contributed by atoms with van der Waals surface area (Å²) >= 11 is 5.99. The Labute approximate surface area is 251 Å². The normalized spacial score (nSPS) is 11.7. The number of carbonyl (C=O) groups is 2. The standard InChI is InChI=1S/C32H31ClN4O4S/c1-22(2)24-15-17-29(18-16-24)37(42(40,41)30-13-5-4-6-14-30)21-31(38)36-35-23(3)25-9-8-12-28(20-25)34-32(39)26-10-7-11-27(33)19-26/h4-20,22H,21H2,1-3H3,(H,34,39)(H,36,38)/b35-23-. The van der Waals surface area contributed by atoms with Crippen molar-refractivity contribution in [2.75, 3.05) is 16.2 Å². The van der Waals surface area contributed by atoms with Gasteiger partial charge in [-0.3, -0.25) is 13.9 Å². The van der Waals surface area contributed by atoms with Gasteiger partial charge in [-0.2, -0.15) is 5.10 Å². The van der Waals surface area contributed by atoms with Gasteiger partial charge in [0.1, 0.15) is 6.54 Å². The number of sulfonamides is 1. The summed E-state index contributed by atoms with van der Waals surface area (Å²) in [6, 6.07) is 28.7. The SMILES string of the molecule is C/C(=N/NC(=O)CN(c1ccc(C(C)C)cc1)S(=O)(=O)c1ccccc1)c1cccc(NC(=O)c2cccc(Cl)c2)c1. The number of hydrazone groups is 1. The lowest BCUT2D eigenvalue weighted by Gasteiger charge is -2.24. The van der Waals surface area contributed by atoms with Crippen molar-refractivity contribution in [3.8, 4) is 0 Å². The Hall–Kier alpha value is -4.47. The Balaban J connectivity index is 1.51. The van der Waals surface area contributed by atoms with Crippen LogP contribution in [-0.2, 0) is 14.8 Å². The zero-order valence-electron chi connectivity index (χ0n) is 23.4. The van der Waals surface area contributed by atoms with Gasteiger partial charge in [-0.05, 0) is 78.6 Å². The Morgan fingerprint density at radius 3 is 2.19 bits per heavy atom. The van der Waals surface area contributed by atoms with E-state index in [1.54, 1.807) is 85.8 Å². The monoisotopic (exact) mass is 602 g/mol. The lowest BCUT2D eigenvalue weighted by atomic mass is 10.0. The molecule has 0 aromatic heterocycles. The molecule has 0 aliphatic heterocycles. The average Bonchev–Trinajstić information content (AvgIpc) is 2.99. The van der Waals surface area contributed by atoms with Crippen molar-refractivity contribution >= 4 is 50.5 Å². The molecule has 42 heavy (non-hydrogen) atoms. The van der Waals surface area contributed by atoms with Crippen LogP contribution in [0.3, 0.4) is 0 Å². The Morgan fingerprint density at radius 2 is 1.52 bits per heavy atom. The van der Waals surface area contributed by atoms with Gasteiger partial charge in [-0.15, -0.1) is 0 Å². The van der Waals surface area contributed by atoms with Crippen LogP contribution in [-0.4, -0.2) is 32.5 Å². The summed E-state index contributed by atoms with van der Waals surface area (Å²) in [5.74, 6) is -0.673. The molecule has 0 spiro atoms. The number of nitrogens with zero attached hydrogens (tertiary/aromatic N) is 2. The maximum Gasteiger partial charge on any atom is 0.264 e. The molecule has 0 bridgehead atoms. The third-order valence-electron chi connectivity index (χ3n) is 6.44. The summed E-state index contributed by atoms with van der Waals surface area (Å²) < 4.78 is 28.2. The first-order chi connectivity index (χ1) is 20.0. The molecule has 2 amide bonds. The van der Waals surface area contributed by atoms with Gasteiger partial charge in [0.25, 0.3) is 21.8 Å². The zero-order chi connectivity index (χ0) is 30.3. The number of benzene rings is 4. The molecule has 0 saturated carbocycles. The maximum atomic E-state index is 13.6. The molecule has 10 heteroatoms. The van der Waals surface area contributed by atoms with Crippen LogP contribution in [0.15, 0.2) is 113 Å². The molecule has 0 atom stereocenters. The predicted octanol–water partition coefficient (Wildman–Crippen LogP) is 6.45. The number of hydrogen-bond donors (Lipinski definition) is 2. The number of nitrogens with one attached hydrogen (secondary N) is 2. The van der Waals surface area contributed by atoms with Crippen LogP contribution in [0.5, 0.6) is 0 Å². The van der Waals surface area contributed by atoms with Crippen molar-refractivity contribution in [3.63, 3.8) is 0 Å². The number of rotatable bonds is 10. The number of anilines is 2. The Kier molecular flexibility index (Phi) is 9.77. The van der Waals surface area contributed by atoms with Gasteiger partial charge >= 0.3 is 0 Å². The first-order valence-corrected chi connectivity index (χ1v) is 15.0. The molecule has 4 aromatic carbocycles. The first kappa shape index (κ1) is 30.5. The van der Waals surface area contributed by atoms with Gasteiger partial charge in [-0.1, -0.05) is 74.0 Å². The minimum absolute atomic E-state index is 0.0713. The van der Waals surface area contributed by atoms with Crippen LogP contribution < -0.4 is 15.0 Å². The number of amides is 2. The van der Waals surface area contributed by atoms with Crippen LogP contribution >= 0.6 is 11.6 Å². The van der Waals surface area contributed by atoms with Crippen molar-refractivity contribution in [2.45, 2.75) is 31.6 Å². The molecule has 8 nitrogen and oxygen atoms in total. The molecule has 0 fully saturated rings. The van der Waals surface area contributed by atoms with E-state index >= 15 is 0 Å².